The number of hydrogen-bond acceptors (Lipinski definition) is 2. The van der Waals surface area contributed by atoms with Crippen LogP contribution >= 0.6 is 0 Å². The summed E-state index contributed by atoms with van der Waals surface area (Å²) in [5.41, 5.74) is 0. The zero-order valence-electron chi connectivity index (χ0n) is 7.34. The van der Waals surface area contributed by atoms with Crippen LogP contribution < -0.4 is 5.32 Å². The minimum absolute atomic E-state index is 0.331. The van der Waals surface area contributed by atoms with E-state index < -0.39 is 0 Å². The molecule has 1 aliphatic rings. The number of aliphatic hydroxyl groups is 1. The molecule has 1 fully saturated rings. The van der Waals surface area contributed by atoms with Gasteiger partial charge in [-0.05, 0) is 31.7 Å². The van der Waals surface area contributed by atoms with Crippen LogP contribution in [0.1, 0.15) is 32.6 Å². The molecule has 2 unspecified atom stereocenters. The molecule has 11 heavy (non-hydrogen) atoms. The molecule has 0 aliphatic carbocycles. The summed E-state index contributed by atoms with van der Waals surface area (Å²) in [7, 11) is 0. The number of hydrogen-bond donors (Lipinski definition) is 2. The second kappa shape index (κ2) is 4.73. The molecule has 0 aromatic carbocycles. The molecule has 2 nitrogen and oxygen atoms in total. The molecule has 0 amide bonds. The van der Waals surface area contributed by atoms with Crippen LogP contribution in [0.15, 0.2) is 0 Å². The molecule has 0 spiro atoms. The molecular weight excluding hydrogens is 138 g/mol. The van der Waals surface area contributed by atoms with E-state index in [1.807, 2.05) is 0 Å². The molecule has 1 rings (SSSR count). The molecule has 0 radical (unpaired) electrons. The van der Waals surface area contributed by atoms with Crippen molar-refractivity contribution in [3.63, 3.8) is 0 Å². The third kappa shape index (κ3) is 2.46. The second-order valence-electron chi connectivity index (χ2n) is 3.41. The average Bonchev–Trinajstić information content (AvgIpc) is 2.39. The van der Waals surface area contributed by atoms with Crippen molar-refractivity contribution in [3.8, 4) is 0 Å². The van der Waals surface area contributed by atoms with Gasteiger partial charge in [0.25, 0.3) is 0 Å². The predicted molar refractivity (Wildman–Crippen MR) is 46.5 cm³/mol. The quantitative estimate of drug-likeness (QED) is 0.641. The van der Waals surface area contributed by atoms with Gasteiger partial charge in [-0.2, -0.15) is 0 Å². The van der Waals surface area contributed by atoms with E-state index in [0.717, 1.165) is 18.9 Å². The zero-order valence-corrected chi connectivity index (χ0v) is 7.34. The molecule has 0 aromatic rings. The van der Waals surface area contributed by atoms with Crippen molar-refractivity contribution in [2.24, 2.45) is 5.92 Å². The minimum atomic E-state index is 0.331. The lowest BCUT2D eigenvalue weighted by Crippen LogP contribution is -2.27. The summed E-state index contributed by atoms with van der Waals surface area (Å²) >= 11 is 0. The lowest BCUT2D eigenvalue weighted by atomic mass is 9.94. The Kier molecular flexibility index (Phi) is 3.87. The highest BCUT2D eigenvalue weighted by Crippen LogP contribution is 2.22. The third-order valence-electron chi connectivity index (χ3n) is 2.59. The SMILES string of the molecule is CCCC1CCNC1CCO. The van der Waals surface area contributed by atoms with E-state index in [4.69, 9.17) is 5.11 Å². The molecule has 1 aliphatic heterocycles. The fourth-order valence-corrected chi connectivity index (χ4v) is 2.02. The smallest absolute Gasteiger partial charge is 0.0445 e. The monoisotopic (exact) mass is 157 g/mol. The third-order valence-corrected chi connectivity index (χ3v) is 2.59. The highest BCUT2D eigenvalue weighted by Gasteiger charge is 2.24. The van der Waals surface area contributed by atoms with Crippen molar-refractivity contribution in [2.45, 2.75) is 38.6 Å². The first-order valence-electron chi connectivity index (χ1n) is 4.72. The summed E-state index contributed by atoms with van der Waals surface area (Å²) in [6.45, 7) is 3.71. The summed E-state index contributed by atoms with van der Waals surface area (Å²) in [6, 6.07) is 0.597. The summed E-state index contributed by atoms with van der Waals surface area (Å²) < 4.78 is 0. The molecule has 2 heteroatoms. The fraction of sp³-hybridized carbons (Fsp3) is 1.00. The van der Waals surface area contributed by atoms with Gasteiger partial charge >= 0.3 is 0 Å². The van der Waals surface area contributed by atoms with Crippen LogP contribution in [-0.2, 0) is 0 Å². The van der Waals surface area contributed by atoms with Gasteiger partial charge in [0.1, 0.15) is 0 Å². The normalized spacial score (nSPS) is 31.1. The molecule has 0 bridgehead atoms. The minimum Gasteiger partial charge on any atom is -0.396 e. The number of rotatable bonds is 4. The predicted octanol–water partition coefficient (Wildman–Crippen LogP) is 1.15. The molecule has 2 atom stereocenters. The van der Waals surface area contributed by atoms with Crippen LogP contribution in [0.2, 0.25) is 0 Å². The first kappa shape index (κ1) is 9.01. The van der Waals surface area contributed by atoms with E-state index in [1.54, 1.807) is 0 Å². The fourth-order valence-electron chi connectivity index (χ4n) is 2.02. The van der Waals surface area contributed by atoms with Crippen molar-refractivity contribution in [1.82, 2.24) is 5.32 Å². The second-order valence-corrected chi connectivity index (χ2v) is 3.41. The number of nitrogens with one attached hydrogen (secondary N) is 1. The summed E-state index contributed by atoms with van der Waals surface area (Å²) in [5, 5.41) is 12.2. The Labute approximate surface area is 69.0 Å². The van der Waals surface area contributed by atoms with Crippen molar-refractivity contribution in [1.29, 1.82) is 0 Å². The Bertz CT molecular complexity index is 93.7. The molecular formula is C9H19NO. The maximum absolute atomic E-state index is 8.77. The first-order valence-corrected chi connectivity index (χ1v) is 4.72. The van der Waals surface area contributed by atoms with Gasteiger partial charge in [0.15, 0.2) is 0 Å². The van der Waals surface area contributed by atoms with Gasteiger partial charge in [-0.25, -0.2) is 0 Å². The molecule has 0 aromatic heterocycles. The van der Waals surface area contributed by atoms with Crippen LogP contribution in [0, 0.1) is 5.92 Å². The van der Waals surface area contributed by atoms with E-state index >= 15 is 0 Å². The zero-order chi connectivity index (χ0) is 8.10. The highest BCUT2D eigenvalue weighted by molar-refractivity contribution is 4.82. The molecule has 66 valence electrons. The van der Waals surface area contributed by atoms with E-state index in [9.17, 15) is 0 Å². The van der Waals surface area contributed by atoms with Gasteiger partial charge < -0.3 is 10.4 Å². The van der Waals surface area contributed by atoms with E-state index in [1.165, 1.54) is 19.3 Å². The van der Waals surface area contributed by atoms with Crippen LogP contribution in [0.3, 0.4) is 0 Å². The lowest BCUT2D eigenvalue weighted by Gasteiger charge is -2.17. The summed E-state index contributed by atoms with van der Waals surface area (Å²) in [5.74, 6) is 0.826. The van der Waals surface area contributed by atoms with Gasteiger partial charge in [-0.3, -0.25) is 0 Å². The molecule has 1 saturated heterocycles. The largest absolute Gasteiger partial charge is 0.396 e. The van der Waals surface area contributed by atoms with E-state index in [-0.39, 0.29) is 0 Å². The standard InChI is InChI=1S/C9H19NO/c1-2-3-8-4-6-10-9(8)5-7-11/h8-11H,2-7H2,1H3. The summed E-state index contributed by atoms with van der Waals surface area (Å²) in [4.78, 5) is 0. The molecule has 0 saturated carbocycles. The Hall–Kier alpha value is -0.0800. The maximum atomic E-state index is 8.77. The van der Waals surface area contributed by atoms with Crippen molar-refractivity contribution in [3.05, 3.63) is 0 Å². The van der Waals surface area contributed by atoms with Gasteiger partial charge in [-0.1, -0.05) is 13.3 Å². The van der Waals surface area contributed by atoms with E-state index in [2.05, 4.69) is 12.2 Å². The van der Waals surface area contributed by atoms with Crippen LogP contribution in [0.25, 0.3) is 0 Å². The van der Waals surface area contributed by atoms with Crippen LogP contribution in [0.4, 0.5) is 0 Å². The Balaban J connectivity index is 2.25. The van der Waals surface area contributed by atoms with Crippen molar-refractivity contribution < 1.29 is 5.11 Å². The van der Waals surface area contributed by atoms with E-state index in [0.29, 0.717) is 12.6 Å². The average molecular weight is 157 g/mol. The lowest BCUT2D eigenvalue weighted by molar-refractivity contribution is 0.252. The van der Waals surface area contributed by atoms with Crippen molar-refractivity contribution in [2.75, 3.05) is 13.2 Å². The maximum Gasteiger partial charge on any atom is 0.0445 e. The Morgan fingerprint density at radius 3 is 2.91 bits per heavy atom. The summed E-state index contributed by atoms with van der Waals surface area (Å²) in [6.07, 6.45) is 4.83. The van der Waals surface area contributed by atoms with Gasteiger partial charge in [0.2, 0.25) is 0 Å². The Morgan fingerprint density at radius 1 is 1.45 bits per heavy atom. The topological polar surface area (TPSA) is 32.3 Å². The first-order chi connectivity index (χ1) is 5.38. The molecule has 2 N–H and O–H groups in total. The van der Waals surface area contributed by atoms with Crippen LogP contribution in [-0.4, -0.2) is 24.3 Å². The van der Waals surface area contributed by atoms with Crippen LogP contribution in [0.5, 0.6) is 0 Å². The number of aliphatic hydroxyl groups excluding tert-OH is 1. The highest BCUT2D eigenvalue weighted by atomic mass is 16.3. The molecule has 1 heterocycles. The van der Waals surface area contributed by atoms with Gasteiger partial charge in [0.05, 0.1) is 0 Å². The van der Waals surface area contributed by atoms with Gasteiger partial charge in [-0.15, -0.1) is 0 Å². The van der Waals surface area contributed by atoms with Gasteiger partial charge in [0, 0.05) is 12.6 Å². The van der Waals surface area contributed by atoms with Crippen molar-refractivity contribution >= 4 is 0 Å². The Morgan fingerprint density at radius 2 is 2.27 bits per heavy atom.